The van der Waals surface area contributed by atoms with Crippen molar-refractivity contribution in [2.45, 2.75) is 25.9 Å². The first-order valence-electron chi connectivity index (χ1n) is 19.2. The maximum Gasteiger partial charge on any atom is 0.324 e. The molecule has 15 heteroatoms. The standard InChI is InChI=1S/C43H49N8O6P/c1-29(2)38-27-40(51(49-38)32-10-8-9-30(23-32)28-58(4,5)53)47-43(52)46-37-13-14-39(36-12-7-6-11-35(36)37)57-41-15-16-44-42(48-41)45-31-24-33(54-3)26-34(25-31)56-22-19-50-17-20-55-21-18-50/h6-16,23-27,29H,17-22,28H2,1-5H3,(H,44,45,48)(H2,46,47,52). The summed E-state index contributed by atoms with van der Waals surface area (Å²) >= 11 is 0. The van der Waals surface area contributed by atoms with Crippen molar-refractivity contribution in [3.63, 3.8) is 0 Å². The van der Waals surface area contributed by atoms with E-state index in [0.717, 1.165) is 60.6 Å². The molecule has 4 aromatic carbocycles. The molecule has 1 aliphatic heterocycles. The van der Waals surface area contributed by atoms with Crippen molar-refractivity contribution >= 4 is 47.1 Å². The first kappa shape index (κ1) is 40.3. The molecule has 0 spiro atoms. The molecule has 1 aliphatic rings. The summed E-state index contributed by atoms with van der Waals surface area (Å²) in [5.74, 6) is 3.12. The number of carbonyl (C=O) groups excluding carboxylic acids is 1. The number of methoxy groups -OCH3 is 1. The normalized spacial score (nSPS) is 13.3. The molecule has 0 radical (unpaired) electrons. The van der Waals surface area contributed by atoms with E-state index in [1.54, 1.807) is 49.5 Å². The predicted molar refractivity (Wildman–Crippen MR) is 229 cm³/mol. The van der Waals surface area contributed by atoms with Crippen LogP contribution in [0.4, 0.5) is 27.9 Å². The molecule has 1 saturated heterocycles. The summed E-state index contributed by atoms with van der Waals surface area (Å²) in [4.78, 5) is 25.0. The summed E-state index contributed by atoms with van der Waals surface area (Å²) < 4.78 is 37.6. The Morgan fingerprint density at radius 3 is 2.48 bits per heavy atom. The van der Waals surface area contributed by atoms with Gasteiger partial charge < -0.3 is 34.1 Å². The molecule has 302 valence electrons. The second-order valence-electron chi connectivity index (χ2n) is 14.8. The molecule has 2 aromatic heterocycles. The number of benzene rings is 4. The van der Waals surface area contributed by atoms with E-state index in [1.165, 1.54) is 0 Å². The smallest absolute Gasteiger partial charge is 0.324 e. The van der Waals surface area contributed by atoms with Gasteiger partial charge in [0.2, 0.25) is 11.8 Å². The Morgan fingerprint density at radius 2 is 1.71 bits per heavy atom. The molecular formula is C43H49N8O6P. The van der Waals surface area contributed by atoms with Gasteiger partial charge in [0.05, 0.1) is 44.5 Å². The van der Waals surface area contributed by atoms with E-state index in [-0.39, 0.29) is 5.92 Å². The Morgan fingerprint density at radius 1 is 0.914 bits per heavy atom. The molecule has 0 saturated carbocycles. The molecule has 14 nitrogen and oxygen atoms in total. The molecule has 0 atom stereocenters. The Bertz CT molecular complexity index is 2430. The van der Waals surface area contributed by atoms with Crippen LogP contribution in [-0.4, -0.2) is 90.6 Å². The molecule has 2 amide bonds. The van der Waals surface area contributed by atoms with Gasteiger partial charge in [-0.1, -0.05) is 50.2 Å². The largest absolute Gasteiger partial charge is 0.497 e. The van der Waals surface area contributed by atoms with Crippen LogP contribution >= 0.6 is 7.14 Å². The minimum Gasteiger partial charge on any atom is -0.497 e. The zero-order valence-electron chi connectivity index (χ0n) is 33.4. The summed E-state index contributed by atoms with van der Waals surface area (Å²) in [5, 5.41) is 15.6. The third-order valence-electron chi connectivity index (χ3n) is 9.41. The van der Waals surface area contributed by atoms with Gasteiger partial charge in [0, 0.05) is 78.8 Å². The van der Waals surface area contributed by atoms with E-state index in [0.29, 0.717) is 59.0 Å². The zero-order valence-corrected chi connectivity index (χ0v) is 34.3. The Balaban J connectivity index is 1.05. The van der Waals surface area contributed by atoms with Gasteiger partial charge in [0.15, 0.2) is 0 Å². The quantitative estimate of drug-likeness (QED) is 0.0853. The lowest BCUT2D eigenvalue weighted by atomic mass is 10.1. The second kappa shape index (κ2) is 18.1. The Kier molecular flexibility index (Phi) is 12.6. The van der Waals surface area contributed by atoms with Crippen LogP contribution < -0.4 is 30.2 Å². The highest BCUT2D eigenvalue weighted by molar-refractivity contribution is 7.61. The lowest BCUT2D eigenvalue weighted by Gasteiger charge is -2.26. The van der Waals surface area contributed by atoms with Crippen LogP contribution in [0, 0.1) is 0 Å². The van der Waals surface area contributed by atoms with Crippen LogP contribution in [0.1, 0.15) is 31.0 Å². The minimum absolute atomic E-state index is 0.128. The van der Waals surface area contributed by atoms with E-state index in [2.05, 4.69) is 30.8 Å². The third kappa shape index (κ3) is 10.5. The van der Waals surface area contributed by atoms with E-state index in [4.69, 9.17) is 24.0 Å². The lowest BCUT2D eigenvalue weighted by molar-refractivity contribution is 0.0322. The zero-order chi connectivity index (χ0) is 40.6. The van der Waals surface area contributed by atoms with Gasteiger partial charge >= 0.3 is 6.03 Å². The summed E-state index contributed by atoms with van der Waals surface area (Å²) in [5.41, 5.74) is 3.81. The summed E-state index contributed by atoms with van der Waals surface area (Å²) in [6.45, 7) is 12.3. The predicted octanol–water partition coefficient (Wildman–Crippen LogP) is 8.96. The van der Waals surface area contributed by atoms with Gasteiger partial charge in [-0.25, -0.2) is 14.5 Å². The highest BCUT2D eigenvalue weighted by Gasteiger charge is 2.18. The number of hydrogen-bond acceptors (Lipinski definition) is 11. The van der Waals surface area contributed by atoms with E-state index >= 15 is 0 Å². The lowest BCUT2D eigenvalue weighted by Crippen LogP contribution is -2.38. The number of amides is 2. The van der Waals surface area contributed by atoms with Crippen molar-refractivity contribution in [1.29, 1.82) is 0 Å². The van der Waals surface area contributed by atoms with Crippen molar-refractivity contribution in [2.24, 2.45) is 0 Å². The van der Waals surface area contributed by atoms with Crippen LogP contribution in [0.25, 0.3) is 16.5 Å². The number of nitrogens with one attached hydrogen (secondary N) is 3. The summed E-state index contributed by atoms with van der Waals surface area (Å²) in [7, 11) is -0.682. The Labute approximate surface area is 338 Å². The average Bonchev–Trinajstić information content (AvgIpc) is 3.63. The van der Waals surface area contributed by atoms with Gasteiger partial charge in [0.25, 0.3) is 0 Å². The number of ether oxygens (including phenoxy) is 4. The molecule has 0 aliphatic carbocycles. The number of aromatic nitrogens is 4. The van der Waals surface area contributed by atoms with E-state index < -0.39 is 13.2 Å². The SMILES string of the molecule is COc1cc(Nc2nccc(Oc3ccc(NC(=O)Nc4cc(C(C)C)nn4-c4cccc(CP(C)(C)=O)c4)c4ccccc34)n2)cc(OCCN2CCOCC2)c1. The third-order valence-corrected chi connectivity index (χ3v) is 10.5. The van der Waals surface area contributed by atoms with Crippen LogP contribution in [0.15, 0.2) is 97.2 Å². The van der Waals surface area contributed by atoms with E-state index in [1.807, 2.05) is 86.6 Å². The first-order chi connectivity index (χ1) is 28.0. The number of rotatable bonds is 15. The fraction of sp³-hybridized carbons (Fsp3) is 0.302. The topological polar surface area (TPSA) is 154 Å². The van der Waals surface area contributed by atoms with Crippen molar-refractivity contribution in [2.75, 3.05) is 75.8 Å². The molecule has 0 bridgehead atoms. The number of urea groups is 1. The average molecular weight is 805 g/mol. The van der Waals surface area contributed by atoms with Crippen molar-refractivity contribution in [3.8, 4) is 28.8 Å². The number of hydrogen-bond donors (Lipinski definition) is 3. The monoisotopic (exact) mass is 804 g/mol. The molecule has 7 rings (SSSR count). The fourth-order valence-corrected chi connectivity index (χ4v) is 7.67. The number of nitrogens with zero attached hydrogens (tertiary/aromatic N) is 5. The summed E-state index contributed by atoms with van der Waals surface area (Å²) in [6.07, 6.45) is 2.09. The highest BCUT2D eigenvalue weighted by atomic mass is 31.2. The Hall–Kier alpha value is -5.95. The van der Waals surface area contributed by atoms with Crippen LogP contribution in [-0.2, 0) is 15.5 Å². The molecule has 3 heterocycles. The van der Waals surface area contributed by atoms with Crippen LogP contribution in [0.2, 0.25) is 0 Å². The number of carbonyl (C=O) groups is 1. The molecule has 1 fully saturated rings. The number of morpholine rings is 1. The van der Waals surface area contributed by atoms with Crippen molar-refractivity contribution < 1.29 is 28.3 Å². The van der Waals surface area contributed by atoms with Crippen molar-refractivity contribution in [3.05, 3.63) is 108 Å². The fourth-order valence-electron chi connectivity index (χ4n) is 6.60. The van der Waals surface area contributed by atoms with Gasteiger partial charge in [-0.05, 0) is 49.1 Å². The highest BCUT2D eigenvalue weighted by Crippen LogP contribution is 2.41. The van der Waals surface area contributed by atoms with Crippen molar-refractivity contribution in [1.82, 2.24) is 24.6 Å². The van der Waals surface area contributed by atoms with Crippen LogP contribution in [0.3, 0.4) is 0 Å². The van der Waals surface area contributed by atoms with Gasteiger partial charge in [-0.15, -0.1) is 0 Å². The van der Waals surface area contributed by atoms with Gasteiger partial charge in [0.1, 0.15) is 29.7 Å². The molecule has 58 heavy (non-hydrogen) atoms. The van der Waals surface area contributed by atoms with Crippen LogP contribution in [0.5, 0.6) is 23.1 Å². The first-order valence-corrected chi connectivity index (χ1v) is 22.0. The number of anilines is 4. The molecule has 6 aromatic rings. The van der Waals surface area contributed by atoms with Gasteiger partial charge in [-0.2, -0.15) is 10.1 Å². The number of fused-ring (bicyclic) bond motifs is 1. The minimum atomic E-state index is -2.29. The molecular weight excluding hydrogens is 755 g/mol. The molecule has 0 unspecified atom stereocenters. The second-order valence-corrected chi connectivity index (χ2v) is 18.3. The van der Waals surface area contributed by atoms with Gasteiger partial charge in [-0.3, -0.25) is 10.2 Å². The van der Waals surface area contributed by atoms with E-state index in [9.17, 15) is 9.36 Å². The maximum atomic E-state index is 13.6. The maximum absolute atomic E-state index is 13.6. The summed E-state index contributed by atoms with van der Waals surface area (Å²) in [6, 6.07) is 27.7. The molecule has 3 N–H and O–H groups in total.